The highest BCUT2D eigenvalue weighted by Crippen LogP contribution is 2.42. The Morgan fingerprint density at radius 3 is 2.85 bits per heavy atom. The number of carbonyl (C=O) groups excluding carboxylic acids is 1. The summed E-state index contributed by atoms with van der Waals surface area (Å²) in [4.78, 5) is 14.4. The number of benzene rings is 1. The van der Waals surface area contributed by atoms with Gasteiger partial charge in [-0.15, -0.1) is 0 Å². The van der Waals surface area contributed by atoms with Crippen LogP contribution in [0.25, 0.3) is 0 Å². The number of fused-ring (bicyclic) bond motifs is 1. The van der Waals surface area contributed by atoms with E-state index in [-0.39, 0.29) is 5.91 Å². The van der Waals surface area contributed by atoms with Crippen molar-refractivity contribution < 1.29 is 9.90 Å². The molecule has 1 saturated heterocycles. The van der Waals surface area contributed by atoms with Crippen molar-refractivity contribution in [2.24, 2.45) is 5.92 Å². The standard InChI is InChI=1S/C16H22N2O2/c1-10-5-4-6-18(9-10)16(20)13-8-11(2)7-12(3)14(13)17-15(16)19/h7-8,10,20H,4-6,9H2,1-3H3,(H,17,19)/t10-,16+/m0/s1. The summed E-state index contributed by atoms with van der Waals surface area (Å²) in [6, 6.07) is 3.96. The zero-order chi connectivity index (χ0) is 14.5. The molecule has 0 radical (unpaired) electrons. The fraction of sp³-hybridized carbons (Fsp3) is 0.562. The second-order valence-corrected chi connectivity index (χ2v) is 6.32. The number of anilines is 1. The molecular formula is C16H22N2O2. The van der Waals surface area contributed by atoms with Crippen molar-refractivity contribution in [3.63, 3.8) is 0 Å². The monoisotopic (exact) mass is 274 g/mol. The van der Waals surface area contributed by atoms with Crippen LogP contribution < -0.4 is 5.32 Å². The van der Waals surface area contributed by atoms with Crippen molar-refractivity contribution in [3.05, 3.63) is 28.8 Å². The maximum Gasteiger partial charge on any atom is 0.276 e. The van der Waals surface area contributed by atoms with Gasteiger partial charge in [-0.3, -0.25) is 9.69 Å². The Bertz CT molecular complexity index is 570. The molecule has 2 N–H and O–H groups in total. The molecule has 4 heteroatoms. The second-order valence-electron chi connectivity index (χ2n) is 6.32. The van der Waals surface area contributed by atoms with Crippen LogP contribution in [-0.4, -0.2) is 29.0 Å². The zero-order valence-electron chi connectivity index (χ0n) is 12.4. The molecule has 108 valence electrons. The van der Waals surface area contributed by atoms with E-state index in [1.165, 1.54) is 0 Å². The van der Waals surface area contributed by atoms with Crippen molar-refractivity contribution in [3.8, 4) is 0 Å². The summed E-state index contributed by atoms with van der Waals surface area (Å²) in [5.41, 5.74) is 2.08. The van der Waals surface area contributed by atoms with E-state index in [1.54, 1.807) is 0 Å². The first kappa shape index (κ1) is 13.6. The third kappa shape index (κ3) is 1.86. The van der Waals surface area contributed by atoms with E-state index in [4.69, 9.17) is 0 Å². The summed E-state index contributed by atoms with van der Waals surface area (Å²) in [5, 5.41) is 14.0. The van der Waals surface area contributed by atoms with Gasteiger partial charge >= 0.3 is 0 Å². The van der Waals surface area contributed by atoms with Gasteiger partial charge in [0.05, 0.1) is 5.69 Å². The predicted octanol–water partition coefficient (Wildman–Crippen LogP) is 2.13. The van der Waals surface area contributed by atoms with E-state index < -0.39 is 5.72 Å². The molecule has 4 nitrogen and oxygen atoms in total. The first-order valence-electron chi connectivity index (χ1n) is 7.33. The van der Waals surface area contributed by atoms with Crippen molar-refractivity contribution in [1.29, 1.82) is 0 Å². The Hall–Kier alpha value is -1.39. The van der Waals surface area contributed by atoms with Gasteiger partial charge in [-0.25, -0.2) is 0 Å². The van der Waals surface area contributed by atoms with Crippen molar-refractivity contribution >= 4 is 11.6 Å². The summed E-state index contributed by atoms with van der Waals surface area (Å²) in [5.74, 6) is 0.200. The molecule has 0 unspecified atom stereocenters. The molecular weight excluding hydrogens is 252 g/mol. The third-order valence-corrected chi connectivity index (χ3v) is 4.53. The number of likely N-dealkylation sites (tertiary alicyclic amines) is 1. The summed E-state index contributed by atoms with van der Waals surface area (Å²) in [7, 11) is 0. The van der Waals surface area contributed by atoms with Crippen LogP contribution in [0, 0.1) is 19.8 Å². The van der Waals surface area contributed by atoms with Gasteiger partial charge in [0, 0.05) is 18.7 Å². The Balaban J connectivity index is 2.08. The van der Waals surface area contributed by atoms with Gasteiger partial charge in [-0.05, 0) is 44.2 Å². The highest BCUT2D eigenvalue weighted by Gasteiger charge is 2.51. The van der Waals surface area contributed by atoms with Crippen LogP contribution in [0.1, 0.15) is 36.5 Å². The number of hydrogen-bond acceptors (Lipinski definition) is 3. The fourth-order valence-corrected chi connectivity index (χ4v) is 3.53. The molecule has 0 spiro atoms. The normalized spacial score (nSPS) is 30.2. The molecule has 1 fully saturated rings. The van der Waals surface area contributed by atoms with Gasteiger partial charge in [0.25, 0.3) is 5.91 Å². The number of piperidine rings is 1. The lowest BCUT2D eigenvalue weighted by Crippen LogP contribution is -2.54. The van der Waals surface area contributed by atoms with Crippen molar-refractivity contribution in [1.82, 2.24) is 4.90 Å². The summed E-state index contributed by atoms with van der Waals surface area (Å²) < 4.78 is 0. The number of rotatable bonds is 1. The minimum atomic E-state index is -1.50. The van der Waals surface area contributed by atoms with Gasteiger partial charge in [0.2, 0.25) is 5.72 Å². The molecule has 0 saturated carbocycles. The largest absolute Gasteiger partial charge is 0.364 e. The number of aliphatic hydroxyl groups is 1. The molecule has 2 aliphatic rings. The average Bonchev–Trinajstić information content (AvgIpc) is 2.64. The van der Waals surface area contributed by atoms with E-state index >= 15 is 0 Å². The van der Waals surface area contributed by atoms with Crippen LogP contribution in [0.5, 0.6) is 0 Å². The van der Waals surface area contributed by atoms with Gasteiger partial charge in [0.15, 0.2) is 0 Å². The van der Waals surface area contributed by atoms with Gasteiger partial charge in [-0.2, -0.15) is 0 Å². The molecule has 0 aromatic heterocycles. The van der Waals surface area contributed by atoms with E-state index in [9.17, 15) is 9.90 Å². The van der Waals surface area contributed by atoms with Gasteiger partial charge in [-0.1, -0.05) is 18.6 Å². The SMILES string of the molecule is Cc1cc(C)c2c(c1)[C@](O)(N1CCC[C@H](C)C1)C(=O)N2. The molecule has 0 aliphatic carbocycles. The number of amides is 1. The molecule has 0 bridgehead atoms. The number of nitrogens with zero attached hydrogens (tertiary/aromatic N) is 1. The van der Waals surface area contributed by atoms with Gasteiger partial charge in [0.1, 0.15) is 0 Å². The van der Waals surface area contributed by atoms with Crippen LogP contribution >= 0.6 is 0 Å². The summed E-state index contributed by atoms with van der Waals surface area (Å²) in [6.07, 6.45) is 2.19. The maximum atomic E-state index is 12.4. The molecule has 2 heterocycles. The fourth-order valence-electron chi connectivity index (χ4n) is 3.53. The quantitative estimate of drug-likeness (QED) is 0.825. The Morgan fingerprint density at radius 1 is 1.40 bits per heavy atom. The topological polar surface area (TPSA) is 52.6 Å². The second kappa shape index (κ2) is 4.57. The number of aryl methyl sites for hydroxylation is 2. The third-order valence-electron chi connectivity index (χ3n) is 4.53. The lowest BCUT2D eigenvalue weighted by molar-refractivity contribution is -0.163. The number of hydrogen-bond donors (Lipinski definition) is 2. The van der Waals surface area contributed by atoms with E-state index in [0.717, 1.165) is 42.7 Å². The van der Waals surface area contributed by atoms with Crippen LogP contribution in [0.2, 0.25) is 0 Å². The van der Waals surface area contributed by atoms with Crippen LogP contribution in [0.15, 0.2) is 12.1 Å². The van der Waals surface area contributed by atoms with Crippen LogP contribution in [0.4, 0.5) is 5.69 Å². The van der Waals surface area contributed by atoms with E-state index in [1.807, 2.05) is 30.9 Å². The number of nitrogens with one attached hydrogen (secondary N) is 1. The van der Waals surface area contributed by atoms with Gasteiger partial charge < -0.3 is 10.4 Å². The van der Waals surface area contributed by atoms with Crippen LogP contribution in [0.3, 0.4) is 0 Å². The molecule has 2 aliphatic heterocycles. The minimum Gasteiger partial charge on any atom is -0.364 e. The first-order chi connectivity index (χ1) is 9.42. The van der Waals surface area contributed by atoms with Crippen molar-refractivity contribution in [2.45, 2.75) is 39.3 Å². The summed E-state index contributed by atoms with van der Waals surface area (Å²) in [6.45, 7) is 7.66. The highest BCUT2D eigenvalue weighted by atomic mass is 16.3. The van der Waals surface area contributed by atoms with E-state index in [2.05, 4.69) is 12.2 Å². The molecule has 1 aromatic carbocycles. The average molecular weight is 274 g/mol. The molecule has 1 amide bonds. The predicted molar refractivity (Wildman–Crippen MR) is 78.4 cm³/mol. The lowest BCUT2D eigenvalue weighted by atomic mass is 9.93. The minimum absolute atomic E-state index is 0.310. The number of carbonyl (C=O) groups is 1. The Kier molecular flexibility index (Phi) is 3.10. The molecule has 1 aromatic rings. The molecule has 3 rings (SSSR count). The molecule has 2 atom stereocenters. The zero-order valence-corrected chi connectivity index (χ0v) is 12.4. The Morgan fingerprint density at radius 2 is 2.15 bits per heavy atom. The highest BCUT2D eigenvalue weighted by molar-refractivity contribution is 6.05. The summed E-state index contributed by atoms with van der Waals surface area (Å²) >= 11 is 0. The maximum absolute atomic E-state index is 12.4. The van der Waals surface area contributed by atoms with Crippen molar-refractivity contribution in [2.75, 3.05) is 18.4 Å². The molecule has 20 heavy (non-hydrogen) atoms. The lowest BCUT2D eigenvalue weighted by Gasteiger charge is -2.40. The first-order valence-corrected chi connectivity index (χ1v) is 7.33. The smallest absolute Gasteiger partial charge is 0.276 e. The van der Waals surface area contributed by atoms with Crippen LogP contribution in [-0.2, 0) is 10.5 Å². The Labute approximate surface area is 119 Å². The van der Waals surface area contributed by atoms with E-state index in [0.29, 0.717) is 11.5 Å².